The fraction of sp³-hybridized carbons (Fsp3) is 0.105. The highest BCUT2D eigenvalue weighted by Gasteiger charge is 2.18. The summed E-state index contributed by atoms with van der Waals surface area (Å²) in [6.45, 7) is 2.93. The molecule has 2 N–H and O–H groups in total. The van der Waals surface area contributed by atoms with Gasteiger partial charge in [-0.05, 0) is 42.8 Å². The summed E-state index contributed by atoms with van der Waals surface area (Å²) in [6.07, 6.45) is 3.93. The third-order valence-corrected chi connectivity index (χ3v) is 4.04. The quantitative estimate of drug-likeness (QED) is 0.732. The van der Waals surface area contributed by atoms with Crippen molar-refractivity contribution in [1.29, 1.82) is 0 Å². The average Bonchev–Trinajstić information content (AvgIpc) is 2.98. The summed E-state index contributed by atoms with van der Waals surface area (Å²) in [6, 6.07) is 16.7. The second kappa shape index (κ2) is 5.19. The maximum absolute atomic E-state index is 4.45. The Morgan fingerprint density at radius 3 is 2.82 bits per heavy atom. The van der Waals surface area contributed by atoms with Crippen LogP contribution in [0.1, 0.15) is 11.1 Å². The van der Waals surface area contributed by atoms with Gasteiger partial charge in [0.1, 0.15) is 0 Å². The van der Waals surface area contributed by atoms with E-state index in [1.807, 2.05) is 12.3 Å². The van der Waals surface area contributed by atoms with Crippen molar-refractivity contribution in [2.45, 2.75) is 6.92 Å². The van der Waals surface area contributed by atoms with Gasteiger partial charge in [-0.2, -0.15) is 0 Å². The number of aromatic nitrogens is 1. The predicted molar refractivity (Wildman–Crippen MR) is 93.0 cm³/mol. The lowest BCUT2D eigenvalue weighted by Gasteiger charge is -2.06. The van der Waals surface area contributed by atoms with Gasteiger partial charge in [0.25, 0.3) is 0 Å². The van der Waals surface area contributed by atoms with Crippen LogP contribution in [0.3, 0.4) is 0 Å². The average molecular weight is 287 g/mol. The van der Waals surface area contributed by atoms with Crippen molar-refractivity contribution in [3.05, 3.63) is 72.1 Å². The smallest absolute Gasteiger partial charge is 0.0709 e. The van der Waals surface area contributed by atoms with E-state index in [4.69, 9.17) is 0 Å². The molecule has 0 amide bonds. The van der Waals surface area contributed by atoms with E-state index < -0.39 is 0 Å². The summed E-state index contributed by atoms with van der Waals surface area (Å²) in [5, 5.41) is 8.04. The first-order valence-corrected chi connectivity index (χ1v) is 7.45. The number of aryl methyl sites for hydroxylation is 1. The monoisotopic (exact) mass is 287 g/mol. The zero-order valence-corrected chi connectivity index (χ0v) is 12.4. The molecule has 0 bridgehead atoms. The van der Waals surface area contributed by atoms with Crippen LogP contribution in [0.25, 0.3) is 16.5 Å². The summed E-state index contributed by atoms with van der Waals surface area (Å²) < 4.78 is 0. The normalized spacial score (nSPS) is 14.9. The molecule has 1 aliphatic heterocycles. The van der Waals surface area contributed by atoms with Gasteiger partial charge < -0.3 is 10.6 Å². The highest BCUT2D eigenvalue weighted by atomic mass is 14.9. The highest BCUT2D eigenvalue weighted by Crippen LogP contribution is 2.36. The lowest BCUT2D eigenvalue weighted by molar-refractivity contribution is 1.41. The molecule has 0 spiro atoms. The second-order valence-electron chi connectivity index (χ2n) is 5.59. The van der Waals surface area contributed by atoms with Gasteiger partial charge >= 0.3 is 0 Å². The molecule has 0 radical (unpaired) electrons. The molecule has 0 fully saturated rings. The van der Waals surface area contributed by atoms with Gasteiger partial charge in [-0.1, -0.05) is 23.8 Å². The zero-order chi connectivity index (χ0) is 14.9. The summed E-state index contributed by atoms with van der Waals surface area (Å²) >= 11 is 0. The second-order valence-corrected chi connectivity index (χ2v) is 5.59. The number of pyridine rings is 1. The predicted octanol–water partition coefficient (Wildman–Crippen LogP) is 4.42. The molecule has 22 heavy (non-hydrogen) atoms. The van der Waals surface area contributed by atoms with Gasteiger partial charge in [0.05, 0.1) is 5.52 Å². The fourth-order valence-corrected chi connectivity index (χ4v) is 2.87. The molecule has 1 aliphatic rings. The van der Waals surface area contributed by atoms with E-state index in [1.54, 1.807) is 0 Å². The number of rotatable bonds is 2. The Kier molecular flexibility index (Phi) is 3.04. The van der Waals surface area contributed by atoms with Crippen molar-refractivity contribution in [3.63, 3.8) is 0 Å². The molecular formula is C19H17N3. The van der Waals surface area contributed by atoms with Crippen LogP contribution in [0, 0.1) is 6.92 Å². The van der Waals surface area contributed by atoms with Crippen molar-refractivity contribution in [2.24, 2.45) is 0 Å². The van der Waals surface area contributed by atoms with Crippen LogP contribution in [0.2, 0.25) is 0 Å². The molecule has 0 saturated heterocycles. The molecule has 108 valence electrons. The molecule has 0 unspecified atom stereocenters. The van der Waals surface area contributed by atoms with Crippen LogP contribution in [0.5, 0.6) is 0 Å². The maximum Gasteiger partial charge on any atom is 0.0709 e. The first-order valence-electron chi connectivity index (χ1n) is 7.45. The van der Waals surface area contributed by atoms with E-state index >= 15 is 0 Å². The van der Waals surface area contributed by atoms with Gasteiger partial charge in [-0.25, -0.2) is 0 Å². The van der Waals surface area contributed by atoms with E-state index in [0.717, 1.165) is 17.7 Å². The Morgan fingerprint density at radius 2 is 1.95 bits per heavy atom. The van der Waals surface area contributed by atoms with Crippen molar-refractivity contribution >= 4 is 27.9 Å². The summed E-state index contributed by atoms with van der Waals surface area (Å²) in [4.78, 5) is 4.45. The Hall–Kier alpha value is -2.81. The number of anilines is 2. The van der Waals surface area contributed by atoms with Gasteiger partial charge in [-0.15, -0.1) is 0 Å². The molecule has 2 heterocycles. The largest absolute Gasteiger partial charge is 0.380 e. The van der Waals surface area contributed by atoms with Crippen molar-refractivity contribution < 1.29 is 0 Å². The molecule has 3 nitrogen and oxygen atoms in total. The van der Waals surface area contributed by atoms with Gasteiger partial charge in [0.15, 0.2) is 0 Å². The third kappa shape index (κ3) is 2.21. The standard InChI is InChI=1S/C19H17N3/c1-13-4-6-15(7-5-13)21-11-14-12-22-18-9-8-17-16(19(14)18)3-2-10-20-17/h2-11,21-22H,12H2,1H3. The lowest BCUT2D eigenvalue weighted by Crippen LogP contribution is -1.95. The van der Waals surface area contributed by atoms with Crippen molar-refractivity contribution in [1.82, 2.24) is 4.98 Å². The molecule has 0 atom stereocenters. The SMILES string of the molecule is Cc1ccc(NC=C2CNc3ccc4ncccc4c32)cc1. The van der Waals surface area contributed by atoms with Crippen LogP contribution in [-0.2, 0) is 0 Å². The molecule has 0 saturated carbocycles. The van der Waals surface area contributed by atoms with Gasteiger partial charge in [0.2, 0.25) is 0 Å². The lowest BCUT2D eigenvalue weighted by atomic mass is 10.0. The minimum Gasteiger partial charge on any atom is -0.380 e. The van der Waals surface area contributed by atoms with Gasteiger partial charge in [0, 0.05) is 41.3 Å². The highest BCUT2D eigenvalue weighted by molar-refractivity contribution is 6.01. The summed E-state index contributed by atoms with van der Waals surface area (Å²) in [5.74, 6) is 0. The number of nitrogens with zero attached hydrogens (tertiary/aromatic N) is 1. The Labute approximate surface area is 129 Å². The van der Waals surface area contributed by atoms with E-state index in [9.17, 15) is 0 Å². The maximum atomic E-state index is 4.45. The Morgan fingerprint density at radius 1 is 1.09 bits per heavy atom. The number of fused-ring (bicyclic) bond motifs is 3. The third-order valence-electron chi connectivity index (χ3n) is 4.04. The number of hydrogen-bond donors (Lipinski definition) is 2. The van der Waals surface area contributed by atoms with E-state index in [2.05, 4.69) is 71.2 Å². The summed E-state index contributed by atoms with van der Waals surface area (Å²) in [7, 11) is 0. The molecular weight excluding hydrogens is 270 g/mol. The molecule has 2 aromatic carbocycles. The molecule has 3 aromatic rings. The first-order chi connectivity index (χ1) is 10.8. The van der Waals surface area contributed by atoms with E-state index in [-0.39, 0.29) is 0 Å². The number of nitrogens with one attached hydrogen (secondary N) is 2. The van der Waals surface area contributed by atoms with Crippen molar-refractivity contribution in [3.8, 4) is 0 Å². The molecule has 4 rings (SSSR count). The molecule has 1 aromatic heterocycles. The summed E-state index contributed by atoms with van der Waals surface area (Å²) in [5.41, 5.74) is 7.09. The van der Waals surface area contributed by atoms with Crippen LogP contribution in [0.4, 0.5) is 11.4 Å². The van der Waals surface area contributed by atoms with Crippen LogP contribution in [0.15, 0.2) is 60.9 Å². The first kappa shape index (κ1) is 12.9. The van der Waals surface area contributed by atoms with Crippen LogP contribution in [-0.4, -0.2) is 11.5 Å². The van der Waals surface area contributed by atoms with E-state index in [1.165, 1.54) is 27.8 Å². The minimum absolute atomic E-state index is 0.836. The Balaban J connectivity index is 1.73. The fourth-order valence-electron chi connectivity index (χ4n) is 2.87. The number of hydrogen-bond acceptors (Lipinski definition) is 3. The van der Waals surface area contributed by atoms with Crippen LogP contribution < -0.4 is 10.6 Å². The van der Waals surface area contributed by atoms with Gasteiger partial charge in [-0.3, -0.25) is 4.98 Å². The van der Waals surface area contributed by atoms with Crippen molar-refractivity contribution in [2.75, 3.05) is 17.2 Å². The topological polar surface area (TPSA) is 37.0 Å². The molecule has 0 aliphatic carbocycles. The zero-order valence-electron chi connectivity index (χ0n) is 12.4. The van der Waals surface area contributed by atoms with E-state index in [0.29, 0.717) is 0 Å². The minimum atomic E-state index is 0.836. The number of benzene rings is 2. The van der Waals surface area contributed by atoms with Crippen LogP contribution >= 0.6 is 0 Å². The Bertz CT molecular complexity index is 863. The molecule has 3 heteroatoms.